The van der Waals surface area contributed by atoms with Crippen LogP contribution < -0.4 is 5.73 Å². The summed E-state index contributed by atoms with van der Waals surface area (Å²) in [4.78, 5) is 7.12. The quantitative estimate of drug-likeness (QED) is 0.892. The Morgan fingerprint density at radius 2 is 2.11 bits per heavy atom. The number of aromatic nitrogens is 1. The molecule has 0 spiro atoms. The molecule has 1 aliphatic carbocycles. The summed E-state index contributed by atoms with van der Waals surface area (Å²) in [7, 11) is 0. The molecule has 1 saturated carbocycles. The number of hydrogen-bond donors (Lipinski definition) is 1. The van der Waals surface area contributed by atoms with E-state index in [-0.39, 0.29) is 0 Å². The summed E-state index contributed by atoms with van der Waals surface area (Å²) in [6.45, 7) is 4.78. The summed E-state index contributed by atoms with van der Waals surface area (Å²) < 4.78 is 0. The van der Waals surface area contributed by atoms with Crippen molar-refractivity contribution in [3.63, 3.8) is 0 Å². The van der Waals surface area contributed by atoms with Crippen molar-refractivity contribution in [2.75, 3.05) is 13.1 Å². The zero-order chi connectivity index (χ0) is 13.2. The standard InChI is InChI=1S/C16H21N3/c1-12-10-13(11-19(9-8-17)14-6-7-14)15-4-2-3-5-16(15)18-12/h2-5,10,14H,6-9,11,17H2,1H3. The first-order chi connectivity index (χ1) is 9.28. The van der Waals surface area contributed by atoms with Crippen LogP contribution in [-0.2, 0) is 6.54 Å². The molecule has 3 rings (SSSR count). The van der Waals surface area contributed by atoms with Gasteiger partial charge in [-0.15, -0.1) is 0 Å². The van der Waals surface area contributed by atoms with Crippen molar-refractivity contribution < 1.29 is 0 Å². The van der Waals surface area contributed by atoms with E-state index in [1.807, 2.05) is 0 Å². The van der Waals surface area contributed by atoms with Gasteiger partial charge in [-0.2, -0.15) is 0 Å². The van der Waals surface area contributed by atoms with Crippen molar-refractivity contribution in [1.82, 2.24) is 9.88 Å². The highest BCUT2D eigenvalue weighted by Crippen LogP contribution is 2.29. The zero-order valence-corrected chi connectivity index (χ0v) is 11.5. The summed E-state index contributed by atoms with van der Waals surface area (Å²) in [5.74, 6) is 0. The number of fused-ring (bicyclic) bond motifs is 1. The lowest BCUT2D eigenvalue weighted by Crippen LogP contribution is -2.31. The minimum atomic E-state index is 0.735. The van der Waals surface area contributed by atoms with Crippen molar-refractivity contribution in [2.45, 2.75) is 32.4 Å². The highest BCUT2D eigenvalue weighted by atomic mass is 15.2. The Morgan fingerprint density at radius 1 is 1.32 bits per heavy atom. The maximum absolute atomic E-state index is 5.74. The molecule has 0 atom stereocenters. The molecule has 100 valence electrons. The molecule has 0 bridgehead atoms. The summed E-state index contributed by atoms with van der Waals surface area (Å²) >= 11 is 0. The van der Waals surface area contributed by atoms with E-state index in [0.29, 0.717) is 0 Å². The van der Waals surface area contributed by atoms with Gasteiger partial charge >= 0.3 is 0 Å². The molecule has 1 aliphatic rings. The topological polar surface area (TPSA) is 42.1 Å². The van der Waals surface area contributed by atoms with Crippen LogP contribution in [0.15, 0.2) is 30.3 Å². The van der Waals surface area contributed by atoms with E-state index in [4.69, 9.17) is 5.73 Å². The molecule has 1 aromatic heterocycles. The second-order valence-electron chi connectivity index (χ2n) is 5.43. The Bertz CT molecular complexity index is 575. The van der Waals surface area contributed by atoms with Gasteiger partial charge in [-0.25, -0.2) is 0 Å². The number of hydrogen-bond acceptors (Lipinski definition) is 3. The minimum Gasteiger partial charge on any atom is -0.329 e. The molecule has 1 aromatic carbocycles. The summed E-state index contributed by atoms with van der Waals surface area (Å²) in [5, 5.41) is 1.27. The van der Waals surface area contributed by atoms with Crippen molar-refractivity contribution >= 4 is 10.9 Å². The summed E-state index contributed by atoms with van der Waals surface area (Å²) in [6, 6.07) is 11.4. The fourth-order valence-corrected chi connectivity index (χ4v) is 2.74. The van der Waals surface area contributed by atoms with E-state index in [2.05, 4.69) is 47.1 Å². The molecular formula is C16H21N3. The van der Waals surface area contributed by atoms with Gasteiger partial charge in [0.25, 0.3) is 0 Å². The van der Waals surface area contributed by atoms with Crippen LogP contribution in [0.3, 0.4) is 0 Å². The maximum Gasteiger partial charge on any atom is 0.0708 e. The lowest BCUT2D eigenvalue weighted by Gasteiger charge is -2.22. The highest BCUT2D eigenvalue weighted by molar-refractivity contribution is 5.82. The number of nitrogens with zero attached hydrogens (tertiary/aromatic N) is 2. The molecular weight excluding hydrogens is 234 g/mol. The third kappa shape index (κ3) is 2.77. The van der Waals surface area contributed by atoms with Gasteiger partial charge < -0.3 is 5.73 Å². The first-order valence-electron chi connectivity index (χ1n) is 7.07. The molecule has 1 fully saturated rings. The van der Waals surface area contributed by atoms with Gasteiger partial charge in [-0.05, 0) is 37.5 Å². The van der Waals surface area contributed by atoms with Crippen LogP contribution in [0.1, 0.15) is 24.1 Å². The maximum atomic E-state index is 5.74. The molecule has 1 heterocycles. The molecule has 0 aliphatic heterocycles. The minimum absolute atomic E-state index is 0.735. The van der Waals surface area contributed by atoms with Crippen LogP contribution in [0.5, 0.6) is 0 Å². The third-order valence-corrected chi connectivity index (χ3v) is 3.78. The summed E-state index contributed by atoms with van der Waals surface area (Å²) in [5.41, 5.74) is 9.31. The average molecular weight is 255 g/mol. The van der Waals surface area contributed by atoms with Gasteiger partial charge in [-0.1, -0.05) is 18.2 Å². The number of rotatable bonds is 5. The SMILES string of the molecule is Cc1cc(CN(CCN)C2CC2)c2ccccc2n1. The number of pyridine rings is 1. The van der Waals surface area contributed by atoms with Gasteiger partial charge in [0.2, 0.25) is 0 Å². The van der Waals surface area contributed by atoms with Crippen LogP contribution in [0, 0.1) is 6.92 Å². The molecule has 19 heavy (non-hydrogen) atoms. The van der Waals surface area contributed by atoms with Crippen LogP contribution >= 0.6 is 0 Å². The molecule has 0 radical (unpaired) electrons. The van der Waals surface area contributed by atoms with Crippen LogP contribution in [0.4, 0.5) is 0 Å². The van der Waals surface area contributed by atoms with Gasteiger partial charge in [0.05, 0.1) is 5.52 Å². The average Bonchev–Trinajstić information content (AvgIpc) is 3.22. The Hall–Kier alpha value is -1.45. The Morgan fingerprint density at radius 3 is 2.84 bits per heavy atom. The molecule has 0 saturated heterocycles. The molecule has 0 unspecified atom stereocenters. The third-order valence-electron chi connectivity index (χ3n) is 3.78. The van der Waals surface area contributed by atoms with E-state index in [9.17, 15) is 0 Å². The molecule has 0 amide bonds. The molecule has 2 aromatic rings. The predicted octanol–water partition coefficient (Wildman–Crippen LogP) is 2.47. The molecule has 3 nitrogen and oxygen atoms in total. The van der Waals surface area contributed by atoms with Gasteiger partial charge in [0.1, 0.15) is 0 Å². The first-order valence-corrected chi connectivity index (χ1v) is 7.07. The normalized spacial score (nSPS) is 15.3. The van der Waals surface area contributed by atoms with Crippen molar-refractivity contribution in [3.05, 3.63) is 41.6 Å². The predicted molar refractivity (Wildman–Crippen MR) is 79.0 cm³/mol. The van der Waals surface area contributed by atoms with Crippen LogP contribution in [-0.4, -0.2) is 29.0 Å². The van der Waals surface area contributed by atoms with Crippen molar-refractivity contribution in [1.29, 1.82) is 0 Å². The largest absolute Gasteiger partial charge is 0.329 e. The van der Waals surface area contributed by atoms with Gasteiger partial charge in [-0.3, -0.25) is 9.88 Å². The fraction of sp³-hybridized carbons (Fsp3) is 0.438. The fourth-order valence-electron chi connectivity index (χ4n) is 2.74. The number of para-hydroxylation sites is 1. The van der Waals surface area contributed by atoms with Crippen LogP contribution in [0.25, 0.3) is 10.9 Å². The van der Waals surface area contributed by atoms with Crippen molar-refractivity contribution in [2.24, 2.45) is 5.73 Å². The second kappa shape index (κ2) is 5.27. The zero-order valence-electron chi connectivity index (χ0n) is 11.5. The highest BCUT2D eigenvalue weighted by Gasteiger charge is 2.28. The molecule has 2 N–H and O–H groups in total. The number of nitrogens with two attached hydrogens (primary N) is 1. The molecule has 3 heteroatoms. The van der Waals surface area contributed by atoms with E-state index >= 15 is 0 Å². The van der Waals surface area contributed by atoms with E-state index in [1.165, 1.54) is 23.8 Å². The lowest BCUT2D eigenvalue weighted by atomic mass is 10.1. The monoisotopic (exact) mass is 255 g/mol. The van der Waals surface area contributed by atoms with Crippen molar-refractivity contribution in [3.8, 4) is 0 Å². The summed E-state index contributed by atoms with van der Waals surface area (Å²) in [6.07, 6.45) is 2.64. The Labute approximate surface area is 114 Å². The van der Waals surface area contributed by atoms with E-state index in [1.54, 1.807) is 0 Å². The number of aryl methyl sites for hydroxylation is 1. The Balaban J connectivity index is 1.94. The Kier molecular flexibility index (Phi) is 3.49. The van der Waals surface area contributed by atoms with Crippen LogP contribution in [0.2, 0.25) is 0 Å². The van der Waals surface area contributed by atoms with E-state index in [0.717, 1.165) is 36.9 Å². The van der Waals surface area contributed by atoms with E-state index < -0.39 is 0 Å². The second-order valence-corrected chi connectivity index (χ2v) is 5.43. The smallest absolute Gasteiger partial charge is 0.0708 e. The lowest BCUT2D eigenvalue weighted by molar-refractivity contribution is 0.263. The van der Waals surface area contributed by atoms with Gasteiger partial charge in [0.15, 0.2) is 0 Å². The van der Waals surface area contributed by atoms with Gasteiger partial charge in [0, 0.05) is 36.8 Å². The first kappa shape index (κ1) is 12.6. The number of benzene rings is 1.